The highest BCUT2D eigenvalue weighted by atomic mass is 32.1. The van der Waals surface area contributed by atoms with Crippen LogP contribution in [0.5, 0.6) is 11.5 Å². The largest absolute Gasteiger partial charge is 0.490 e. The highest BCUT2D eigenvalue weighted by Crippen LogP contribution is 2.35. The summed E-state index contributed by atoms with van der Waals surface area (Å²) in [5, 5.41) is 10.6. The van der Waals surface area contributed by atoms with E-state index < -0.39 is 12.0 Å². The lowest BCUT2D eigenvalue weighted by molar-refractivity contribution is -0.136. The molecule has 0 saturated heterocycles. The van der Waals surface area contributed by atoms with Gasteiger partial charge in [0.15, 0.2) is 16.3 Å². The lowest BCUT2D eigenvalue weighted by Gasteiger charge is -2.23. The first-order chi connectivity index (χ1) is 22.0. The van der Waals surface area contributed by atoms with E-state index >= 15 is 0 Å². The number of aromatic nitrogens is 2. The van der Waals surface area contributed by atoms with Crippen molar-refractivity contribution in [2.75, 3.05) is 20.3 Å². The van der Waals surface area contributed by atoms with Crippen LogP contribution in [0, 0.1) is 11.3 Å². The van der Waals surface area contributed by atoms with Gasteiger partial charge in [-0.3, -0.25) is 9.36 Å². The molecule has 226 valence electrons. The van der Waals surface area contributed by atoms with Crippen LogP contribution in [0.2, 0.25) is 0 Å². The van der Waals surface area contributed by atoms with Crippen molar-refractivity contribution in [1.29, 1.82) is 5.26 Å². The van der Waals surface area contributed by atoms with Crippen LogP contribution in [-0.2, 0) is 16.1 Å². The summed E-state index contributed by atoms with van der Waals surface area (Å²) in [4.78, 5) is 32.1. The van der Waals surface area contributed by atoms with Gasteiger partial charge in [0.25, 0.3) is 5.56 Å². The van der Waals surface area contributed by atoms with Crippen LogP contribution < -0.4 is 24.4 Å². The van der Waals surface area contributed by atoms with Crippen LogP contribution in [0.3, 0.4) is 0 Å². The smallest absolute Gasteiger partial charge is 0.337 e. The van der Waals surface area contributed by atoms with E-state index in [9.17, 15) is 14.9 Å². The standard InChI is InChI=1S/C35H30N4O5S/c1-4-43-29-15-14-22(16-30(29)44-5-2)32-27(34(41)42-3)19-37-35-39(32)33(40)31(45-35)17-25-21-38(28-13-9-8-12-26(25)28)20-24-11-7-6-10-23(24)18-36/h6-17,19,21,32H,4-5,20H2,1-3H3/b31-17-/t32-/m1/s1. The molecule has 1 atom stereocenters. The van der Waals surface area contributed by atoms with Crippen molar-refractivity contribution in [3.8, 4) is 17.6 Å². The molecule has 10 heteroatoms. The number of nitrogens with zero attached hydrogens (tertiary/aromatic N) is 4. The van der Waals surface area contributed by atoms with E-state index in [0.29, 0.717) is 51.7 Å². The van der Waals surface area contributed by atoms with Gasteiger partial charge in [0.1, 0.15) is 0 Å². The molecule has 0 saturated carbocycles. The van der Waals surface area contributed by atoms with E-state index in [1.54, 1.807) is 12.1 Å². The van der Waals surface area contributed by atoms with Gasteiger partial charge in [-0.05, 0) is 55.3 Å². The molecule has 9 nitrogen and oxygen atoms in total. The van der Waals surface area contributed by atoms with E-state index in [4.69, 9.17) is 14.2 Å². The molecule has 0 radical (unpaired) electrons. The summed E-state index contributed by atoms with van der Waals surface area (Å²) in [6.07, 6.45) is 5.33. The first-order valence-electron chi connectivity index (χ1n) is 14.5. The van der Waals surface area contributed by atoms with Gasteiger partial charge in [-0.25, -0.2) is 9.79 Å². The molecule has 0 spiro atoms. The van der Waals surface area contributed by atoms with Crippen LogP contribution in [0.1, 0.15) is 42.1 Å². The molecule has 2 aromatic heterocycles. The molecule has 5 aromatic rings. The van der Waals surface area contributed by atoms with E-state index in [1.807, 2.05) is 80.7 Å². The monoisotopic (exact) mass is 618 g/mol. The van der Waals surface area contributed by atoms with Crippen LogP contribution in [-0.4, -0.2) is 35.4 Å². The van der Waals surface area contributed by atoms with Gasteiger partial charge in [-0.15, -0.1) is 0 Å². The molecule has 0 fully saturated rings. The first kappa shape index (κ1) is 29.7. The second-order valence-corrected chi connectivity index (χ2v) is 11.3. The number of ether oxygens (including phenoxy) is 3. The van der Waals surface area contributed by atoms with Crippen molar-refractivity contribution in [2.24, 2.45) is 4.99 Å². The summed E-state index contributed by atoms with van der Waals surface area (Å²) < 4.78 is 20.8. The molecule has 0 amide bonds. The zero-order valence-electron chi connectivity index (χ0n) is 25.0. The van der Waals surface area contributed by atoms with E-state index in [1.165, 1.54) is 29.2 Å². The molecule has 1 aliphatic heterocycles. The second kappa shape index (κ2) is 12.7. The molecule has 0 bridgehead atoms. The number of para-hydroxylation sites is 1. The number of carbonyl (C=O) groups is 1. The number of nitriles is 1. The van der Waals surface area contributed by atoms with Crippen molar-refractivity contribution < 1.29 is 19.0 Å². The van der Waals surface area contributed by atoms with E-state index in [2.05, 4.69) is 15.6 Å². The number of benzene rings is 3. The van der Waals surface area contributed by atoms with Gasteiger partial charge >= 0.3 is 5.97 Å². The fraction of sp³-hybridized carbons (Fsp3) is 0.200. The Morgan fingerprint density at radius 3 is 2.58 bits per heavy atom. The Kier molecular flexibility index (Phi) is 8.36. The molecule has 3 heterocycles. The normalized spacial score (nSPS) is 14.3. The van der Waals surface area contributed by atoms with Gasteiger partial charge in [-0.2, -0.15) is 5.26 Å². The van der Waals surface area contributed by atoms with Crippen molar-refractivity contribution in [3.05, 3.63) is 127 Å². The maximum Gasteiger partial charge on any atom is 0.337 e. The van der Waals surface area contributed by atoms with Crippen LogP contribution in [0.4, 0.5) is 0 Å². The first-order valence-corrected chi connectivity index (χ1v) is 15.3. The number of hydrogen-bond donors (Lipinski definition) is 0. The van der Waals surface area contributed by atoms with Crippen molar-refractivity contribution in [2.45, 2.75) is 26.4 Å². The number of rotatable bonds is 9. The minimum absolute atomic E-state index is 0.232. The fourth-order valence-electron chi connectivity index (χ4n) is 5.60. The van der Waals surface area contributed by atoms with Crippen molar-refractivity contribution >= 4 is 34.3 Å². The third kappa shape index (κ3) is 5.54. The average Bonchev–Trinajstić information content (AvgIpc) is 3.57. The summed E-state index contributed by atoms with van der Waals surface area (Å²) in [6, 6.07) is 22.4. The highest BCUT2D eigenvalue weighted by molar-refractivity contribution is 7.07. The molecule has 6 rings (SSSR count). The highest BCUT2D eigenvalue weighted by Gasteiger charge is 2.31. The summed E-state index contributed by atoms with van der Waals surface area (Å²) >= 11 is 1.25. The number of methoxy groups -OCH3 is 1. The Morgan fingerprint density at radius 2 is 1.80 bits per heavy atom. The summed E-state index contributed by atoms with van der Waals surface area (Å²) in [6.45, 7) is 5.15. The number of carbonyl (C=O) groups excluding carboxylic acids is 1. The zero-order valence-corrected chi connectivity index (χ0v) is 25.8. The predicted molar refractivity (Wildman–Crippen MR) is 172 cm³/mol. The second-order valence-electron chi connectivity index (χ2n) is 10.2. The Bertz CT molecular complexity index is 2180. The Hall–Kier alpha value is -5.40. The fourth-order valence-corrected chi connectivity index (χ4v) is 6.56. The molecule has 1 aliphatic rings. The van der Waals surface area contributed by atoms with Gasteiger partial charge in [0.2, 0.25) is 0 Å². The maximum atomic E-state index is 14.2. The maximum absolute atomic E-state index is 14.2. The third-order valence-corrected chi connectivity index (χ3v) is 8.59. The molecule has 0 aliphatic carbocycles. The number of esters is 1. The van der Waals surface area contributed by atoms with E-state index in [-0.39, 0.29) is 11.1 Å². The van der Waals surface area contributed by atoms with Crippen LogP contribution in [0.15, 0.2) is 94.5 Å². The Labute approximate surface area is 263 Å². The minimum atomic E-state index is -0.783. The van der Waals surface area contributed by atoms with Gasteiger partial charge in [0, 0.05) is 35.4 Å². The Morgan fingerprint density at radius 1 is 1.04 bits per heavy atom. The predicted octanol–water partition coefficient (Wildman–Crippen LogP) is 4.69. The van der Waals surface area contributed by atoms with E-state index in [0.717, 1.165) is 22.0 Å². The van der Waals surface area contributed by atoms with Gasteiger partial charge < -0.3 is 18.8 Å². The Balaban J connectivity index is 1.49. The molecular weight excluding hydrogens is 588 g/mol. The topological polar surface area (TPSA) is 108 Å². The number of fused-ring (bicyclic) bond motifs is 2. The molecule has 0 N–H and O–H groups in total. The lowest BCUT2D eigenvalue weighted by Crippen LogP contribution is -2.39. The van der Waals surface area contributed by atoms with Crippen LogP contribution >= 0.6 is 11.3 Å². The molecular formula is C35H30N4O5S. The quantitative estimate of drug-likeness (QED) is 0.222. The number of thiazole rings is 1. The molecule has 0 unspecified atom stereocenters. The van der Waals surface area contributed by atoms with Crippen molar-refractivity contribution in [3.63, 3.8) is 0 Å². The van der Waals surface area contributed by atoms with Gasteiger partial charge in [-0.1, -0.05) is 53.8 Å². The summed E-state index contributed by atoms with van der Waals surface area (Å²) in [7, 11) is 1.31. The van der Waals surface area contributed by atoms with Gasteiger partial charge in [0.05, 0.1) is 48.1 Å². The lowest BCUT2D eigenvalue weighted by atomic mass is 9.97. The SMILES string of the molecule is CCOc1ccc([C@@H]2C(C(=O)OC)=CN=c3s/c(=C\c4cn(Cc5ccccc5C#N)c5ccccc45)c(=O)n32)cc1OCC. The average molecular weight is 619 g/mol. The molecule has 3 aromatic carbocycles. The molecule has 45 heavy (non-hydrogen) atoms. The minimum Gasteiger partial charge on any atom is -0.490 e. The third-order valence-electron chi connectivity index (χ3n) is 7.59. The number of hydrogen-bond acceptors (Lipinski definition) is 8. The summed E-state index contributed by atoms with van der Waals surface area (Å²) in [5.41, 5.74) is 3.97. The van der Waals surface area contributed by atoms with Crippen LogP contribution in [0.25, 0.3) is 17.0 Å². The van der Waals surface area contributed by atoms with Crippen molar-refractivity contribution in [1.82, 2.24) is 9.13 Å². The summed E-state index contributed by atoms with van der Waals surface area (Å²) in [5.74, 6) is 0.518. The zero-order chi connectivity index (χ0) is 31.5.